The molecule has 2 rings (SSSR count). The van der Waals surface area contributed by atoms with E-state index in [1.165, 1.54) is 12.5 Å². The first-order valence-corrected chi connectivity index (χ1v) is 25.3. The van der Waals surface area contributed by atoms with E-state index in [0.717, 1.165) is 55.7 Å². The SMILES string of the molecule is CC/C=C\C/C=C\CC(O)/C=C/C=C\C/C=C\CCCC(=O)O[C@H](COC(=O)CCCCCCCCC(C)C)COP(=O)(O)OP(=O)(O)OC[C@H]1O[C@@H](n2ccc(N)nc2=O)[C@H](O)[C@@H]1O. The second kappa shape index (κ2) is 32.2. The van der Waals surface area contributed by atoms with Crippen LogP contribution >= 0.6 is 15.6 Å². The number of aromatic nitrogens is 2. The van der Waals surface area contributed by atoms with Crippen LogP contribution in [0.4, 0.5) is 5.82 Å². The minimum atomic E-state index is -5.44. The van der Waals surface area contributed by atoms with E-state index in [-0.39, 0.29) is 18.7 Å². The molecule has 0 amide bonds. The van der Waals surface area contributed by atoms with Crippen molar-refractivity contribution < 1.29 is 71.4 Å². The molecule has 1 aromatic rings. The van der Waals surface area contributed by atoms with Crippen LogP contribution in [0.5, 0.6) is 0 Å². The first-order chi connectivity index (χ1) is 30.9. The third-order valence-corrected chi connectivity index (χ3v) is 12.2. The number of phosphoric acid groups is 2. The summed E-state index contributed by atoms with van der Waals surface area (Å²) >= 11 is 0. The number of nitrogens with zero attached hydrogens (tertiary/aromatic N) is 2. The zero-order valence-corrected chi connectivity index (χ0v) is 39.6. The van der Waals surface area contributed by atoms with Crippen molar-refractivity contribution >= 4 is 33.4 Å². The summed E-state index contributed by atoms with van der Waals surface area (Å²) in [6.45, 7) is 4.04. The number of unbranched alkanes of at least 4 members (excludes halogenated alkanes) is 6. The largest absolute Gasteiger partial charge is 0.481 e. The Hall–Kier alpha value is -3.58. The molecule has 0 saturated carbocycles. The standard InChI is InChI=1S/C44H71N3O16P2/c1-4-5-6-7-15-20-25-35(48)26-21-16-10-8-9-11-18-23-28-40(50)61-36(31-58-39(49)27-22-17-13-12-14-19-24-34(2)3)32-59-64(54,55)63-65(56,57)60-33-37-41(51)42(52)43(62-37)47-30-29-38(45)46-44(47)53/h5-6,9-11,15-16,20-21,26,29-30,34-37,41-43,48,51-52H,4,7-8,12-14,17-19,22-25,27-28,31-33H2,1-3H3,(H,54,55)(H,56,57)(H2,45,46,53)/b6-5-,11-9-,16-10-,20-15-,26-21+/t35?,36-,37-,41-,42-,43-/m1/s1. The molecule has 368 valence electrons. The lowest BCUT2D eigenvalue weighted by Crippen LogP contribution is -2.36. The van der Waals surface area contributed by atoms with E-state index in [0.29, 0.717) is 38.0 Å². The molecular weight excluding hydrogens is 888 g/mol. The van der Waals surface area contributed by atoms with Crippen molar-refractivity contribution in [1.29, 1.82) is 0 Å². The molecule has 1 aliphatic heterocycles. The molecule has 0 aliphatic carbocycles. The minimum absolute atomic E-state index is 0.0627. The maximum atomic E-state index is 12.8. The Labute approximate surface area is 382 Å². The van der Waals surface area contributed by atoms with Crippen molar-refractivity contribution in [3.05, 3.63) is 83.5 Å². The average Bonchev–Trinajstić information content (AvgIpc) is 3.52. The van der Waals surface area contributed by atoms with Gasteiger partial charge in [-0.1, -0.05) is 120 Å². The summed E-state index contributed by atoms with van der Waals surface area (Å²) in [6.07, 6.45) is 22.6. The number of rotatable bonds is 34. The van der Waals surface area contributed by atoms with Gasteiger partial charge in [0.1, 0.15) is 30.7 Å². The van der Waals surface area contributed by atoms with Crippen molar-refractivity contribution in [2.24, 2.45) is 5.92 Å². The average molecular weight is 960 g/mol. The van der Waals surface area contributed by atoms with E-state index in [9.17, 15) is 48.6 Å². The van der Waals surface area contributed by atoms with E-state index in [2.05, 4.69) is 42.2 Å². The monoisotopic (exact) mass is 959 g/mol. The zero-order valence-electron chi connectivity index (χ0n) is 37.8. The van der Waals surface area contributed by atoms with Crippen molar-refractivity contribution in [3.8, 4) is 0 Å². The van der Waals surface area contributed by atoms with Gasteiger partial charge in [0.05, 0.1) is 19.3 Å². The summed E-state index contributed by atoms with van der Waals surface area (Å²) < 4.78 is 56.4. The molecular formula is C44H71N3O16P2. The molecule has 8 atom stereocenters. The summed E-state index contributed by atoms with van der Waals surface area (Å²) in [4.78, 5) is 61.5. The highest BCUT2D eigenvalue weighted by atomic mass is 31.3. The molecule has 0 radical (unpaired) electrons. The van der Waals surface area contributed by atoms with Gasteiger partial charge in [-0.15, -0.1) is 0 Å². The fourth-order valence-corrected chi connectivity index (χ4v) is 8.26. The quantitative estimate of drug-likeness (QED) is 0.0136. The Morgan fingerprint density at radius 2 is 1.52 bits per heavy atom. The lowest BCUT2D eigenvalue weighted by molar-refractivity contribution is -0.161. The van der Waals surface area contributed by atoms with Gasteiger partial charge in [0.2, 0.25) is 0 Å². The number of carbonyl (C=O) groups is 2. The van der Waals surface area contributed by atoms with E-state index < -0.39 is 89.8 Å². The van der Waals surface area contributed by atoms with Gasteiger partial charge in [-0.05, 0) is 56.9 Å². The maximum absolute atomic E-state index is 12.8. The third kappa shape index (κ3) is 26.4. The predicted octanol–water partition coefficient (Wildman–Crippen LogP) is 6.82. The Kier molecular flexibility index (Phi) is 28.5. The first-order valence-electron chi connectivity index (χ1n) is 22.3. The number of aliphatic hydroxyl groups excluding tert-OH is 3. The highest BCUT2D eigenvalue weighted by Gasteiger charge is 2.46. The van der Waals surface area contributed by atoms with Crippen LogP contribution in [0.15, 0.2) is 77.8 Å². The highest BCUT2D eigenvalue weighted by Crippen LogP contribution is 2.60. The van der Waals surface area contributed by atoms with E-state index >= 15 is 0 Å². The fraction of sp³-hybridized carbons (Fsp3) is 0.636. The molecule has 1 aliphatic rings. The molecule has 0 bridgehead atoms. The summed E-state index contributed by atoms with van der Waals surface area (Å²) in [7, 11) is -10.9. The number of esters is 2. The number of nitrogen functional groups attached to an aromatic ring is 1. The number of allylic oxidation sites excluding steroid dienone is 8. The van der Waals surface area contributed by atoms with Crippen molar-refractivity contribution in [3.63, 3.8) is 0 Å². The summed E-state index contributed by atoms with van der Waals surface area (Å²) in [5.41, 5.74) is 4.56. The van der Waals surface area contributed by atoms with Crippen LogP contribution in [0.3, 0.4) is 0 Å². The molecule has 7 N–H and O–H groups in total. The molecule has 1 saturated heterocycles. The molecule has 19 nitrogen and oxygen atoms in total. The number of hydrogen-bond donors (Lipinski definition) is 6. The van der Waals surface area contributed by atoms with Crippen molar-refractivity contribution in [2.45, 2.75) is 154 Å². The lowest BCUT2D eigenvalue weighted by atomic mass is 10.0. The molecule has 0 spiro atoms. The molecule has 1 fully saturated rings. The van der Waals surface area contributed by atoms with Crippen LogP contribution in [0.25, 0.3) is 0 Å². The summed E-state index contributed by atoms with van der Waals surface area (Å²) in [5.74, 6) is -0.764. The number of carbonyl (C=O) groups excluding carboxylic acids is 2. The lowest BCUT2D eigenvalue weighted by Gasteiger charge is -2.21. The second-order valence-electron chi connectivity index (χ2n) is 15.8. The Bertz CT molecular complexity index is 1850. The third-order valence-electron chi connectivity index (χ3n) is 9.63. The van der Waals surface area contributed by atoms with Crippen LogP contribution < -0.4 is 11.4 Å². The fourth-order valence-electron chi connectivity index (χ4n) is 6.15. The van der Waals surface area contributed by atoms with Gasteiger partial charge in [0, 0.05) is 19.0 Å². The number of phosphoric ester groups is 2. The van der Waals surface area contributed by atoms with Gasteiger partial charge in [-0.2, -0.15) is 9.29 Å². The smallest absolute Gasteiger partial charge is 0.462 e. The van der Waals surface area contributed by atoms with Crippen molar-refractivity contribution in [2.75, 3.05) is 25.6 Å². The van der Waals surface area contributed by atoms with Crippen LogP contribution in [0.2, 0.25) is 0 Å². The second-order valence-corrected chi connectivity index (χ2v) is 18.9. The van der Waals surface area contributed by atoms with Crippen LogP contribution in [0, 0.1) is 5.92 Å². The van der Waals surface area contributed by atoms with Crippen LogP contribution in [0.1, 0.15) is 123 Å². The van der Waals surface area contributed by atoms with Gasteiger partial charge in [-0.3, -0.25) is 23.2 Å². The van der Waals surface area contributed by atoms with Gasteiger partial charge in [0.25, 0.3) is 0 Å². The molecule has 65 heavy (non-hydrogen) atoms. The summed E-state index contributed by atoms with van der Waals surface area (Å²) in [6, 6.07) is 1.24. The van der Waals surface area contributed by atoms with Crippen molar-refractivity contribution in [1.82, 2.24) is 9.55 Å². The normalized spacial score (nSPS) is 20.9. The number of aliphatic hydroxyl groups is 3. The van der Waals surface area contributed by atoms with Crippen LogP contribution in [-0.2, 0) is 46.3 Å². The molecule has 3 unspecified atom stereocenters. The number of ether oxygens (including phenoxy) is 3. The zero-order chi connectivity index (χ0) is 48.1. The topological polar surface area (TPSA) is 286 Å². The maximum Gasteiger partial charge on any atom is 0.481 e. The van der Waals surface area contributed by atoms with Gasteiger partial charge in [-0.25, -0.2) is 13.9 Å². The molecule has 2 heterocycles. The Balaban J connectivity index is 1.88. The molecule has 1 aromatic heterocycles. The van der Waals surface area contributed by atoms with E-state index in [1.807, 2.05) is 36.5 Å². The summed E-state index contributed by atoms with van der Waals surface area (Å²) in [5, 5.41) is 30.9. The van der Waals surface area contributed by atoms with E-state index in [4.69, 9.17) is 29.0 Å². The Morgan fingerprint density at radius 1 is 0.862 bits per heavy atom. The van der Waals surface area contributed by atoms with E-state index in [1.54, 1.807) is 12.2 Å². The minimum Gasteiger partial charge on any atom is -0.462 e. The molecule has 0 aromatic carbocycles. The number of nitrogens with two attached hydrogens (primary N) is 1. The predicted molar refractivity (Wildman–Crippen MR) is 244 cm³/mol. The number of hydrogen-bond acceptors (Lipinski definition) is 16. The van der Waals surface area contributed by atoms with Gasteiger partial charge < -0.3 is 45.1 Å². The molecule has 21 heteroatoms. The van der Waals surface area contributed by atoms with Gasteiger partial charge >= 0.3 is 33.3 Å². The highest BCUT2D eigenvalue weighted by molar-refractivity contribution is 7.61. The van der Waals surface area contributed by atoms with Crippen LogP contribution in [-0.4, -0.2) is 96.9 Å². The number of anilines is 1. The van der Waals surface area contributed by atoms with Gasteiger partial charge in [0.15, 0.2) is 12.3 Å². The Morgan fingerprint density at radius 3 is 2.25 bits per heavy atom. The first kappa shape index (κ1) is 57.5.